The van der Waals surface area contributed by atoms with Crippen molar-refractivity contribution < 1.29 is 19.1 Å². The van der Waals surface area contributed by atoms with E-state index in [-0.39, 0.29) is 28.1 Å². The predicted octanol–water partition coefficient (Wildman–Crippen LogP) is 2.44. The first-order valence-electron chi connectivity index (χ1n) is 11.7. The lowest BCUT2D eigenvalue weighted by Crippen LogP contribution is -2.52. The number of carboxylic acids is 1. The fourth-order valence-corrected chi connectivity index (χ4v) is 6.05. The second kappa shape index (κ2) is 9.92. The molecule has 4 N–H and O–H groups in total. The summed E-state index contributed by atoms with van der Waals surface area (Å²) in [7, 11) is 1.68. The molecule has 1 fully saturated rings. The first-order chi connectivity index (χ1) is 17.5. The minimum atomic E-state index is -1.32. The molecule has 1 amide bonds. The minimum absolute atomic E-state index is 0.0337. The van der Waals surface area contributed by atoms with Crippen molar-refractivity contribution in [1.82, 2.24) is 14.4 Å². The van der Waals surface area contributed by atoms with Gasteiger partial charge in [-0.2, -0.15) is 0 Å². The van der Waals surface area contributed by atoms with Crippen LogP contribution in [0.1, 0.15) is 29.6 Å². The highest BCUT2D eigenvalue weighted by atomic mass is 32.2. The quantitative estimate of drug-likeness (QED) is 0.216. The van der Waals surface area contributed by atoms with Crippen LogP contribution in [-0.2, 0) is 4.79 Å². The van der Waals surface area contributed by atoms with Gasteiger partial charge in [0.05, 0.1) is 27.3 Å². The number of allylic oxidation sites excluding steroid dienone is 1. The fourth-order valence-electron chi connectivity index (χ4n) is 4.90. The van der Waals surface area contributed by atoms with Crippen molar-refractivity contribution in [3.05, 3.63) is 58.2 Å². The molecule has 37 heavy (non-hydrogen) atoms. The molecule has 0 radical (unpaired) electrons. The molecular weight excluding hydrogens is 499 g/mol. The number of nitrogens with zero attached hydrogens (tertiary/aromatic N) is 4. The van der Waals surface area contributed by atoms with Gasteiger partial charge in [-0.3, -0.25) is 15.0 Å². The molecule has 0 saturated carbocycles. The maximum Gasteiger partial charge on any atom is 0.342 e. The van der Waals surface area contributed by atoms with E-state index in [0.717, 1.165) is 6.07 Å². The second-order valence-electron chi connectivity index (χ2n) is 8.92. The van der Waals surface area contributed by atoms with Gasteiger partial charge in [0.25, 0.3) is 5.91 Å². The Bertz CT molecular complexity index is 1410. The van der Waals surface area contributed by atoms with Crippen LogP contribution in [0.3, 0.4) is 0 Å². The number of hydrogen-bond acceptors (Lipinski definition) is 7. The van der Waals surface area contributed by atoms with E-state index in [2.05, 4.69) is 6.58 Å². The topological polar surface area (TPSA) is 136 Å². The van der Waals surface area contributed by atoms with Gasteiger partial charge in [-0.25, -0.2) is 9.18 Å². The Hall–Kier alpha value is -3.80. The zero-order valence-electron chi connectivity index (χ0n) is 20.8. The molecule has 2 aliphatic heterocycles. The maximum atomic E-state index is 15.2. The van der Waals surface area contributed by atoms with Gasteiger partial charge in [0.1, 0.15) is 23.3 Å². The fraction of sp³-hybridized carbons (Fsp3) is 0.360. The van der Waals surface area contributed by atoms with E-state index >= 15 is 4.39 Å². The number of carboxylic acid groups (broad SMARTS) is 1. The molecule has 2 aliphatic rings. The lowest BCUT2D eigenvalue weighted by molar-refractivity contribution is -0.129. The molecule has 10 nitrogen and oxygen atoms in total. The van der Waals surface area contributed by atoms with Gasteiger partial charge in [-0.15, -0.1) is 6.58 Å². The third-order valence-electron chi connectivity index (χ3n) is 6.83. The Balaban J connectivity index is 1.59. The Labute approximate surface area is 217 Å². The normalized spacial score (nSPS) is 18.2. The number of aromatic nitrogens is 1. The lowest BCUT2D eigenvalue weighted by Gasteiger charge is -2.39. The number of thioether (sulfide) groups is 1. The van der Waals surface area contributed by atoms with Crippen molar-refractivity contribution in [2.24, 2.45) is 5.73 Å². The Kier molecular flexibility index (Phi) is 7.05. The third kappa shape index (κ3) is 4.35. The zero-order valence-corrected chi connectivity index (χ0v) is 21.6. The molecule has 0 aliphatic carbocycles. The van der Waals surface area contributed by atoms with E-state index < -0.39 is 23.3 Å². The number of amides is 1. The molecule has 0 bridgehead atoms. The Morgan fingerprint density at radius 3 is 2.49 bits per heavy atom. The largest absolute Gasteiger partial charge is 0.477 e. The standard InChI is InChI=1S/C25H29FN6O4S/c1-5-16(22(27)28)29(4)17(6-2)23(34)31-9-7-30(8-10-31)19-12-18-14(11-15(19)26)21(33)20(25(35)36)24-32(18)13(3)37-24/h5-6,11-13,16H,1,7-10H2,2-4H3,(H3,27,28)(H,35,36)/b17-6-. The van der Waals surface area contributed by atoms with E-state index in [1.807, 2.05) is 11.8 Å². The van der Waals surface area contributed by atoms with Crippen molar-refractivity contribution in [3.8, 4) is 0 Å². The maximum absolute atomic E-state index is 15.2. The molecule has 1 saturated heterocycles. The smallest absolute Gasteiger partial charge is 0.342 e. The summed E-state index contributed by atoms with van der Waals surface area (Å²) in [5, 5.41) is 17.6. The number of aromatic carboxylic acids is 1. The highest BCUT2D eigenvalue weighted by molar-refractivity contribution is 8.00. The number of hydrogen-bond donors (Lipinski definition) is 3. The molecule has 196 valence electrons. The van der Waals surface area contributed by atoms with Crippen molar-refractivity contribution in [1.29, 1.82) is 5.41 Å². The number of likely N-dealkylation sites (N-methyl/N-ethyl adjacent to an activating group) is 1. The van der Waals surface area contributed by atoms with Crippen LogP contribution in [0.2, 0.25) is 0 Å². The zero-order chi connectivity index (χ0) is 27.2. The van der Waals surface area contributed by atoms with Crippen molar-refractivity contribution in [3.63, 3.8) is 0 Å². The van der Waals surface area contributed by atoms with Crippen LogP contribution in [0.5, 0.6) is 0 Å². The Morgan fingerprint density at radius 2 is 1.97 bits per heavy atom. The number of halogens is 1. The first kappa shape index (κ1) is 26.3. The average Bonchev–Trinajstić information content (AvgIpc) is 2.84. The van der Waals surface area contributed by atoms with Crippen molar-refractivity contribution in [2.45, 2.75) is 30.3 Å². The van der Waals surface area contributed by atoms with Gasteiger partial charge >= 0.3 is 5.97 Å². The van der Waals surface area contributed by atoms with E-state index in [1.165, 1.54) is 17.8 Å². The number of fused-ring (bicyclic) bond motifs is 3. The summed E-state index contributed by atoms with van der Waals surface area (Å²) in [6.07, 6.45) is 3.16. The number of anilines is 1. The molecular formula is C25H29FN6O4S. The first-order valence-corrected chi connectivity index (χ1v) is 12.6. The van der Waals surface area contributed by atoms with Gasteiger partial charge in [-0.1, -0.05) is 23.9 Å². The molecule has 4 rings (SSSR count). The summed E-state index contributed by atoms with van der Waals surface area (Å²) in [4.78, 5) is 42.8. The van der Waals surface area contributed by atoms with E-state index in [0.29, 0.717) is 48.1 Å². The van der Waals surface area contributed by atoms with Crippen LogP contribution in [-0.4, -0.2) is 76.5 Å². The number of piperazine rings is 1. The molecule has 1 aromatic heterocycles. The summed E-state index contributed by atoms with van der Waals surface area (Å²) in [5.74, 6) is -2.30. The average molecular weight is 529 g/mol. The van der Waals surface area contributed by atoms with Crippen LogP contribution in [0.4, 0.5) is 10.1 Å². The molecule has 0 spiro atoms. The minimum Gasteiger partial charge on any atom is -0.477 e. The highest BCUT2D eigenvalue weighted by Gasteiger charge is 2.34. The Morgan fingerprint density at radius 1 is 1.32 bits per heavy atom. The number of benzene rings is 1. The molecule has 12 heteroatoms. The number of pyridine rings is 1. The second-order valence-corrected chi connectivity index (χ2v) is 10.2. The van der Waals surface area contributed by atoms with Crippen LogP contribution in [0, 0.1) is 11.2 Å². The van der Waals surface area contributed by atoms with E-state index in [4.69, 9.17) is 11.1 Å². The SMILES string of the molecule is C=CC(C(=N)N)N(C)/C(=C\C)C(=O)N1CCN(c2cc3c(cc2F)c(=O)c(C(=O)O)c2n3C(C)S2)CC1. The molecule has 2 aromatic rings. The van der Waals surface area contributed by atoms with Crippen LogP contribution in [0.15, 0.2) is 46.4 Å². The van der Waals surface area contributed by atoms with Crippen LogP contribution in [0.25, 0.3) is 10.9 Å². The number of amidine groups is 1. The van der Waals surface area contributed by atoms with Gasteiger partial charge in [-0.05, 0) is 26.0 Å². The molecule has 2 atom stereocenters. The predicted molar refractivity (Wildman–Crippen MR) is 142 cm³/mol. The summed E-state index contributed by atoms with van der Waals surface area (Å²) in [6, 6.07) is 2.09. The van der Waals surface area contributed by atoms with Gasteiger partial charge in [0, 0.05) is 38.6 Å². The lowest BCUT2D eigenvalue weighted by atomic mass is 10.1. The van der Waals surface area contributed by atoms with Crippen molar-refractivity contribution in [2.75, 3.05) is 38.1 Å². The summed E-state index contributed by atoms with van der Waals surface area (Å²) < 4.78 is 17.0. The van der Waals surface area contributed by atoms with E-state index in [9.17, 15) is 19.5 Å². The number of nitrogens with two attached hydrogens (primary N) is 1. The van der Waals surface area contributed by atoms with Gasteiger partial charge in [0.15, 0.2) is 0 Å². The molecule has 1 aromatic carbocycles. The summed E-state index contributed by atoms with van der Waals surface area (Å²) in [5.41, 5.74) is 5.79. The highest BCUT2D eigenvalue weighted by Crippen LogP contribution is 2.46. The van der Waals surface area contributed by atoms with Gasteiger partial charge in [0.2, 0.25) is 5.43 Å². The number of nitrogens with one attached hydrogen (secondary N) is 1. The molecule has 2 unspecified atom stereocenters. The monoisotopic (exact) mass is 528 g/mol. The van der Waals surface area contributed by atoms with Crippen LogP contribution < -0.4 is 16.1 Å². The van der Waals surface area contributed by atoms with Crippen molar-refractivity contribution >= 4 is 46.1 Å². The van der Waals surface area contributed by atoms with Crippen LogP contribution >= 0.6 is 11.8 Å². The third-order valence-corrected chi connectivity index (χ3v) is 8.00. The number of carbonyl (C=O) groups is 2. The summed E-state index contributed by atoms with van der Waals surface area (Å²) in [6.45, 7) is 8.71. The summed E-state index contributed by atoms with van der Waals surface area (Å²) >= 11 is 1.29. The number of rotatable bonds is 7. The van der Waals surface area contributed by atoms with E-state index in [1.54, 1.807) is 40.5 Å². The number of carbonyl (C=O) groups excluding carboxylic acids is 1. The van der Waals surface area contributed by atoms with Gasteiger partial charge < -0.3 is 30.1 Å². The molecule has 3 heterocycles.